The summed E-state index contributed by atoms with van der Waals surface area (Å²) in [5, 5.41) is 11.6. The Morgan fingerprint density at radius 2 is 2.09 bits per heavy atom. The van der Waals surface area contributed by atoms with E-state index in [4.69, 9.17) is 4.42 Å². The van der Waals surface area contributed by atoms with Crippen LogP contribution in [0.4, 0.5) is 0 Å². The summed E-state index contributed by atoms with van der Waals surface area (Å²) in [7, 11) is 0. The van der Waals surface area contributed by atoms with Gasteiger partial charge in [0.15, 0.2) is 0 Å². The molecule has 2 aliphatic rings. The quantitative estimate of drug-likeness (QED) is 0.854. The molecule has 120 valence electrons. The van der Waals surface area contributed by atoms with E-state index in [0.29, 0.717) is 28.8 Å². The Bertz CT molecular complexity index is 688. The molecule has 0 unspecified atom stereocenters. The van der Waals surface area contributed by atoms with E-state index in [1.807, 2.05) is 30.3 Å². The van der Waals surface area contributed by atoms with Crippen molar-refractivity contribution in [3.63, 3.8) is 0 Å². The van der Waals surface area contributed by atoms with Crippen LogP contribution in [0.5, 0.6) is 0 Å². The van der Waals surface area contributed by atoms with E-state index in [2.05, 4.69) is 15.5 Å². The van der Waals surface area contributed by atoms with Crippen LogP contribution >= 0.6 is 11.8 Å². The first-order valence-electron chi connectivity index (χ1n) is 8.09. The molecule has 1 heterocycles. The monoisotopic (exact) mass is 329 g/mol. The van der Waals surface area contributed by atoms with Gasteiger partial charge >= 0.3 is 0 Å². The minimum absolute atomic E-state index is 0.0620. The summed E-state index contributed by atoms with van der Waals surface area (Å²) in [6.45, 7) is 0. The van der Waals surface area contributed by atoms with Gasteiger partial charge in [-0.3, -0.25) is 4.79 Å². The predicted molar refractivity (Wildman–Crippen MR) is 87.8 cm³/mol. The third kappa shape index (κ3) is 3.27. The Morgan fingerprint density at radius 3 is 2.83 bits per heavy atom. The molecule has 0 aliphatic heterocycles. The average Bonchev–Trinajstić information content (AvgIpc) is 3.30. The summed E-state index contributed by atoms with van der Waals surface area (Å²) in [6.07, 6.45) is 5.06. The van der Waals surface area contributed by atoms with Crippen molar-refractivity contribution in [2.75, 3.05) is 5.75 Å². The molecule has 2 aliphatic carbocycles. The second kappa shape index (κ2) is 6.35. The SMILES string of the molecule is O=C(CSc1nnc(-c2ccccc2)o1)N[C@H]1C[C@@H]2CC[C@@H]1C2. The second-order valence-corrected chi connectivity index (χ2v) is 7.30. The van der Waals surface area contributed by atoms with E-state index in [1.54, 1.807) is 0 Å². The summed E-state index contributed by atoms with van der Waals surface area (Å²) < 4.78 is 5.60. The molecule has 1 aromatic heterocycles. The van der Waals surface area contributed by atoms with Crippen LogP contribution in [0.15, 0.2) is 40.0 Å². The summed E-state index contributed by atoms with van der Waals surface area (Å²) in [6, 6.07) is 10.0. The van der Waals surface area contributed by atoms with Crippen LogP contribution < -0.4 is 5.32 Å². The van der Waals surface area contributed by atoms with Gasteiger partial charge in [0.2, 0.25) is 11.8 Å². The highest BCUT2D eigenvalue weighted by Crippen LogP contribution is 2.44. The Labute approximate surface area is 139 Å². The van der Waals surface area contributed by atoms with Crippen LogP contribution in [-0.2, 0) is 4.79 Å². The Morgan fingerprint density at radius 1 is 1.22 bits per heavy atom. The maximum atomic E-state index is 12.1. The molecule has 1 aromatic carbocycles. The number of nitrogens with zero attached hydrogens (tertiary/aromatic N) is 2. The molecule has 2 saturated carbocycles. The third-order valence-corrected chi connectivity index (χ3v) is 5.66. The molecule has 2 fully saturated rings. The standard InChI is InChI=1S/C17H19N3O2S/c21-15(18-14-9-11-6-7-13(14)8-11)10-23-17-20-19-16(22-17)12-4-2-1-3-5-12/h1-5,11,13-14H,6-10H2,(H,18,21)/t11-,13-,14+/m1/s1. The fourth-order valence-corrected chi connectivity index (χ4v) is 4.34. The van der Waals surface area contributed by atoms with Gasteiger partial charge in [-0.1, -0.05) is 36.4 Å². The van der Waals surface area contributed by atoms with Crippen LogP contribution in [0.1, 0.15) is 25.7 Å². The van der Waals surface area contributed by atoms with Crippen molar-refractivity contribution >= 4 is 17.7 Å². The zero-order valence-electron chi connectivity index (χ0n) is 12.8. The number of amides is 1. The van der Waals surface area contributed by atoms with Crippen LogP contribution in [0.25, 0.3) is 11.5 Å². The minimum Gasteiger partial charge on any atom is -0.411 e. The lowest BCUT2D eigenvalue weighted by Gasteiger charge is -2.22. The molecule has 0 spiro atoms. The van der Waals surface area contributed by atoms with Crippen molar-refractivity contribution < 1.29 is 9.21 Å². The van der Waals surface area contributed by atoms with Crippen LogP contribution in [0, 0.1) is 11.8 Å². The van der Waals surface area contributed by atoms with Crippen LogP contribution in [0.3, 0.4) is 0 Å². The van der Waals surface area contributed by atoms with Crippen molar-refractivity contribution in [3.05, 3.63) is 30.3 Å². The summed E-state index contributed by atoms with van der Waals surface area (Å²) in [4.78, 5) is 12.1. The molecule has 0 radical (unpaired) electrons. The van der Waals surface area contributed by atoms with Crippen molar-refractivity contribution in [3.8, 4) is 11.5 Å². The molecular formula is C17H19N3O2S. The van der Waals surface area contributed by atoms with Crippen LogP contribution in [0.2, 0.25) is 0 Å². The number of nitrogens with one attached hydrogen (secondary N) is 1. The molecule has 5 nitrogen and oxygen atoms in total. The summed E-state index contributed by atoms with van der Waals surface area (Å²) in [5.41, 5.74) is 0.887. The molecule has 2 aromatic rings. The highest BCUT2D eigenvalue weighted by atomic mass is 32.2. The van der Waals surface area contributed by atoms with E-state index in [0.717, 1.165) is 17.9 Å². The maximum absolute atomic E-state index is 12.1. The van der Waals surface area contributed by atoms with Gasteiger partial charge in [-0.05, 0) is 43.2 Å². The summed E-state index contributed by atoms with van der Waals surface area (Å²) in [5.74, 6) is 2.41. The number of carbonyl (C=O) groups is 1. The highest BCUT2D eigenvalue weighted by molar-refractivity contribution is 7.99. The number of benzene rings is 1. The number of thioether (sulfide) groups is 1. The molecule has 6 heteroatoms. The van der Waals surface area contributed by atoms with E-state index < -0.39 is 0 Å². The molecular weight excluding hydrogens is 310 g/mol. The molecule has 0 saturated heterocycles. The lowest BCUT2D eigenvalue weighted by atomic mass is 9.95. The first kappa shape index (κ1) is 14.8. The minimum atomic E-state index is 0.0620. The predicted octanol–water partition coefficient (Wildman–Crippen LogP) is 3.13. The van der Waals surface area contributed by atoms with Gasteiger partial charge in [-0.25, -0.2) is 0 Å². The van der Waals surface area contributed by atoms with Gasteiger partial charge in [0.25, 0.3) is 5.22 Å². The smallest absolute Gasteiger partial charge is 0.277 e. The molecule has 3 atom stereocenters. The fourth-order valence-electron chi connectivity index (χ4n) is 3.76. The summed E-state index contributed by atoms with van der Waals surface area (Å²) >= 11 is 1.30. The largest absolute Gasteiger partial charge is 0.411 e. The average molecular weight is 329 g/mol. The van der Waals surface area contributed by atoms with E-state index in [1.165, 1.54) is 31.0 Å². The molecule has 23 heavy (non-hydrogen) atoms. The van der Waals surface area contributed by atoms with Crippen molar-refractivity contribution in [2.45, 2.75) is 36.9 Å². The van der Waals surface area contributed by atoms with E-state index >= 15 is 0 Å². The normalized spacial score (nSPS) is 25.7. The van der Waals surface area contributed by atoms with Gasteiger partial charge in [0, 0.05) is 11.6 Å². The first-order valence-corrected chi connectivity index (χ1v) is 9.07. The van der Waals surface area contributed by atoms with Gasteiger partial charge < -0.3 is 9.73 Å². The molecule has 4 rings (SSSR count). The zero-order valence-corrected chi connectivity index (χ0v) is 13.6. The number of hydrogen-bond acceptors (Lipinski definition) is 5. The second-order valence-electron chi connectivity index (χ2n) is 6.38. The van der Waals surface area contributed by atoms with Gasteiger partial charge in [-0.2, -0.15) is 0 Å². The topological polar surface area (TPSA) is 68.0 Å². The lowest BCUT2D eigenvalue weighted by Crippen LogP contribution is -2.39. The number of rotatable bonds is 5. The van der Waals surface area contributed by atoms with Gasteiger partial charge in [0.05, 0.1) is 5.75 Å². The van der Waals surface area contributed by atoms with Gasteiger partial charge in [-0.15, -0.1) is 10.2 Å². The van der Waals surface area contributed by atoms with Crippen molar-refractivity contribution in [1.29, 1.82) is 0 Å². The van der Waals surface area contributed by atoms with Crippen molar-refractivity contribution in [2.24, 2.45) is 11.8 Å². The number of fused-ring (bicyclic) bond motifs is 2. The third-order valence-electron chi connectivity index (χ3n) is 4.84. The fraction of sp³-hybridized carbons (Fsp3) is 0.471. The van der Waals surface area contributed by atoms with E-state index in [-0.39, 0.29) is 5.91 Å². The zero-order chi connectivity index (χ0) is 15.6. The number of carbonyl (C=O) groups excluding carboxylic acids is 1. The highest BCUT2D eigenvalue weighted by Gasteiger charge is 2.40. The molecule has 2 bridgehead atoms. The van der Waals surface area contributed by atoms with E-state index in [9.17, 15) is 4.79 Å². The van der Waals surface area contributed by atoms with Gasteiger partial charge in [0.1, 0.15) is 0 Å². The Kier molecular flexibility index (Phi) is 4.08. The first-order chi connectivity index (χ1) is 11.3. The number of aromatic nitrogens is 2. The molecule has 1 amide bonds. The Balaban J connectivity index is 1.29. The maximum Gasteiger partial charge on any atom is 0.277 e. The van der Waals surface area contributed by atoms with Crippen LogP contribution in [-0.4, -0.2) is 27.9 Å². The molecule has 1 N–H and O–H groups in total. The Hall–Kier alpha value is -1.82. The van der Waals surface area contributed by atoms with Crippen molar-refractivity contribution in [1.82, 2.24) is 15.5 Å². The number of hydrogen-bond donors (Lipinski definition) is 1. The lowest BCUT2D eigenvalue weighted by molar-refractivity contribution is -0.119.